The summed E-state index contributed by atoms with van der Waals surface area (Å²) in [7, 11) is 1.48. The molecule has 2 aromatic heterocycles. The molecule has 0 saturated heterocycles. The summed E-state index contributed by atoms with van der Waals surface area (Å²) in [5, 5.41) is 5.58. The molecule has 136 valence electrons. The number of amides is 2. The maximum absolute atomic E-state index is 14.1. The highest BCUT2D eigenvalue weighted by Gasteiger charge is 2.21. The summed E-state index contributed by atoms with van der Waals surface area (Å²) in [4.78, 5) is 24.7. The molecular formula is C18H17FN2O4S. The van der Waals surface area contributed by atoms with Gasteiger partial charge in [0.1, 0.15) is 11.6 Å². The molecule has 0 aliphatic rings. The summed E-state index contributed by atoms with van der Waals surface area (Å²) in [5.74, 6) is -0.575. The van der Waals surface area contributed by atoms with E-state index in [0.29, 0.717) is 26.3 Å². The third kappa shape index (κ3) is 3.92. The lowest BCUT2D eigenvalue weighted by molar-refractivity contribution is -0.120. The highest BCUT2D eigenvalue weighted by molar-refractivity contribution is 7.21. The minimum absolute atomic E-state index is 0.106. The van der Waals surface area contributed by atoms with Gasteiger partial charge in [0.25, 0.3) is 5.91 Å². The lowest BCUT2D eigenvalue weighted by Gasteiger charge is -2.07. The van der Waals surface area contributed by atoms with Crippen molar-refractivity contribution in [3.8, 4) is 0 Å². The van der Waals surface area contributed by atoms with Gasteiger partial charge in [0.05, 0.1) is 30.8 Å². The maximum Gasteiger partial charge on any atom is 0.262 e. The number of hydrogen-bond donors (Lipinski definition) is 2. The van der Waals surface area contributed by atoms with Crippen molar-refractivity contribution in [2.75, 3.05) is 13.7 Å². The molecule has 0 atom stereocenters. The van der Waals surface area contributed by atoms with Crippen molar-refractivity contribution < 1.29 is 23.1 Å². The molecule has 0 aliphatic carbocycles. The molecule has 0 saturated carbocycles. The van der Waals surface area contributed by atoms with Crippen LogP contribution < -0.4 is 10.6 Å². The van der Waals surface area contributed by atoms with Crippen LogP contribution in [-0.2, 0) is 22.7 Å². The molecule has 0 fully saturated rings. The molecule has 0 radical (unpaired) electrons. The number of halogens is 1. The second kappa shape index (κ2) is 8.11. The van der Waals surface area contributed by atoms with Crippen LogP contribution >= 0.6 is 11.3 Å². The van der Waals surface area contributed by atoms with Crippen LogP contribution in [0.1, 0.15) is 21.0 Å². The number of furan rings is 1. The molecule has 2 amide bonds. The molecule has 1 aromatic carbocycles. The number of carbonyl (C=O) groups is 2. The van der Waals surface area contributed by atoms with Crippen molar-refractivity contribution in [1.29, 1.82) is 0 Å². The van der Waals surface area contributed by atoms with E-state index in [0.717, 1.165) is 0 Å². The number of carbonyl (C=O) groups excluding carboxylic acids is 2. The fourth-order valence-electron chi connectivity index (χ4n) is 2.53. The van der Waals surface area contributed by atoms with Crippen LogP contribution in [-0.4, -0.2) is 25.5 Å². The Kier molecular flexibility index (Phi) is 5.65. The summed E-state index contributed by atoms with van der Waals surface area (Å²) in [6.45, 7) is 0.155. The van der Waals surface area contributed by atoms with Crippen LogP contribution in [0, 0.1) is 5.82 Å². The number of methoxy groups -OCH3 is 1. The first-order valence-corrected chi connectivity index (χ1v) is 8.68. The zero-order valence-corrected chi connectivity index (χ0v) is 14.8. The first-order valence-electron chi connectivity index (χ1n) is 7.86. The van der Waals surface area contributed by atoms with Gasteiger partial charge in [-0.1, -0.05) is 6.07 Å². The van der Waals surface area contributed by atoms with Gasteiger partial charge in [-0.2, -0.15) is 0 Å². The van der Waals surface area contributed by atoms with Gasteiger partial charge in [-0.15, -0.1) is 11.3 Å². The van der Waals surface area contributed by atoms with Gasteiger partial charge in [-0.3, -0.25) is 9.59 Å². The van der Waals surface area contributed by atoms with Crippen LogP contribution in [0.3, 0.4) is 0 Å². The minimum Gasteiger partial charge on any atom is -0.467 e. The quantitative estimate of drug-likeness (QED) is 0.664. The van der Waals surface area contributed by atoms with E-state index in [1.54, 1.807) is 24.3 Å². The van der Waals surface area contributed by atoms with E-state index >= 15 is 0 Å². The van der Waals surface area contributed by atoms with E-state index in [9.17, 15) is 14.0 Å². The van der Waals surface area contributed by atoms with Crippen LogP contribution in [0.4, 0.5) is 4.39 Å². The van der Waals surface area contributed by atoms with Gasteiger partial charge in [0.2, 0.25) is 5.91 Å². The number of rotatable bonds is 7. The maximum atomic E-state index is 14.1. The SMILES string of the molecule is COCc1c(C(=O)NCC(=O)NCc2ccco2)sc2cccc(F)c12. The molecule has 0 unspecified atom stereocenters. The van der Waals surface area contributed by atoms with Gasteiger partial charge in [0.15, 0.2) is 0 Å². The molecule has 3 aromatic rings. The smallest absolute Gasteiger partial charge is 0.262 e. The zero-order valence-electron chi connectivity index (χ0n) is 14.0. The standard InChI is InChI=1S/C18H17FN2O4S/c1-24-10-12-16-13(19)5-2-6-14(16)26-17(12)18(23)21-9-15(22)20-8-11-4-3-7-25-11/h2-7H,8-10H2,1H3,(H,20,22)(H,21,23). The summed E-state index contributed by atoms with van der Waals surface area (Å²) in [5.41, 5.74) is 0.485. The normalized spacial score (nSPS) is 10.8. The Morgan fingerprint density at radius 1 is 1.23 bits per heavy atom. The predicted octanol–water partition coefficient (Wildman–Crippen LogP) is 2.83. The minimum atomic E-state index is -0.439. The van der Waals surface area contributed by atoms with Gasteiger partial charge in [0, 0.05) is 22.8 Å². The second-order valence-corrected chi connectivity index (χ2v) is 6.55. The van der Waals surface area contributed by atoms with E-state index < -0.39 is 11.7 Å². The van der Waals surface area contributed by atoms with E-state index in [1.165, 1.54) is 30.8 Å². The molecule has 2 heterocycles. The average molecular weight is 376 g/mol. The van der Waals surface area contributed by atoms with Gasteiger partial charge in [-0.05, 0) is 24.3 Å². The Hall–Kier alpha value is -2.71. The summed E-state index contributed by atoms with van der Waals surface area (Å²) >= 11 is 1.17. The van der Waals surface area contributed by atoms with Crippen molar-refractivity contribution in [3.63, 3.8) is 0 Å². The molecule has 0 aliphatic heterocycles. The number of hydrogen-bond acceptors (Lipinski definition) is 5. The topological polar surface area (TPSA) is 80.6 Å². The monoisotopic (exact) mass is 376 g/mol. The number of nitrogens with one attached hydrogen (secondary N) is 2. The Bertz CT molecular complexity index is 921. The largest absolute Gasteiger partial charge is 0.467 e. The zero-order chi connectivity index (χ0) is 18.5. The van der Waals surface area contributed by atoms with Crippen LogP contribution in [0.5, 0.6) is 0 Å². The molecule has 0 spiro atoms. The molecule has 3 rings (SSSR count). The average Bonchev–Trinajstić information content (AvgIpc) is 3.27. The van der Waals surface area contributed by atoms with Crippen molar-refractivity contribution >= 4 is 33.2 Å². The molecule has 0 bridgehead atoms. The molecule has 2 N–H and O–H groups in total. The molecule has 8 heteroatoms. The number of ether oxygens (including phenoxy) is 1. The van der Waals surface area contributed by atoms with Crippen LogP contribution in [0.25, 0.3) is 10.1 Å². The van der Waals surface area contributed by atoms with E-state index in [-0.39, 0.29) is 25.6 Å². The van der Waals surface area contributed by atoms with Crippen molar-refractivity contribution in [1.82, 2.24) is 10.6 Å². The summed E-state index contributed by atoms with van der Waals surface area (Å²) < 4.78 is 25.0. The first-order chi connectivity index (χ1) is 12.6. The number of thiophene rings is 1. The highest BCUT2D eigenvalue weighted by atomic mass is 32.1. The van der Waals surface area contributed by atoms with Crippen molar-refractivity contribution in [2.45, 2.75) is 13.2 Å². The van der Waals surface area contributed by atoms with Crippen LogP contribution in [0.15, 0.2) is 41.0 Å². The summed E-state index contributed by atoms with van der Waals surface area (Å²) in [6.07, 6.45) is 1.52. The van der Waals surface area contributed by atoms with Crippen molar-refractivity contribution in [2.24, 2.45) is 0 Å². The van der Waals surface area contributed by atoms with Gasteiger partial charge in [-0.25, -0.2) is 4.39 Å². The fourth-order valence-corrected chi connectivity index (χ4v) is 3.67. The molecule has 6 nitrogen and oxygen atoms in total. The fraction of sp³-hybridized carbons (Fsp3) is 0.222. The second-order valence-electron chi connectivity index (χ2n) is 5.49. The van der Waals surface area contributed by atoms with Crippen LogP contribution in [0.2, 0.25) is 0 Å². The Morgan fingerprint density at radius 3 is 2.81 bits per heavy atom. The third-order valence-electron chi connectivity index (χ3n) is 3.71. The molecule has 26 heavy (non-hydrogen) atoms. The third-order valence-corrected chi connectivity index (χ3v) is 4.90. The van der Waals surface area contributed by atoms with Crippen molar-refractivity contribution in [3.05, 3.63) is 58.6 Å². The van der Waals surface area contributed by atoms with E-state index in [2.05, 4.69) is 10.6 Å². The first kappa shape index (κ1) is 18.1. The van der Waals surface area contributed by atoms with Gasteiger partial charge < -0.3 is 19.8 Å². The predicted molar refractivity (Wildman–Crippen MR) is 95.4 cm³/mol. The van der Waals surface area contributed by atoms with Gasteiger partial charge >= 0.3 is 0 Å². The Balaban J connectivity index is 1.68. The lowest BCUT2D eigenvalue weighted by Crippen LogP contribution is -2.36. The lowest BCUT2D eigenvalue weighted by atomic mass is 10.1. The number of fused-ring (bicyclic) bond motifs is 1. The Morgan fingerprint density at radius 2 is 2.08 bits per heavy atom. The summed E-state index contributed by atoms with van der Waals surface area (Å²) in [6, 6.07) is 8.14. The Labute approximate surface area is 152 Å². The van der Waals surface area contributed by atoms with E-state index in [4.69, 9.17) is 9.15 Å². The molecular weight excluding hydrogens is 359 g/mol. The highest BCUT2D eigenvalue weighted by Crippen LogP contribution is 2.33. The number of benzene rings is 1. The van der Waals surface area contributed by atoms with E-state index in [1.807, 2.05) is 0 Å².